The lowest BCUT2D eigenvalue weighted by atomic mass is 9.79. The number of fused-ring (bicyclic) bond motifs is 1. The highest BCUT2D eigenvalue weighted by Crippen LogP contribution is 2.43. The summed E-state index contributed by atoms with van der Waals surface area (Å²) >= 11 is 0. The average molecular weight is 548 g/mol. The highest BCUT2D eigenvalue weighted by molar-refractivity contribution is 5.85. The van der Waals surface area contributed by atoms with Crippen LogP contribution in [0.25, 0.3) is 11.0 Å². The van der Waals surface area contributed by atoms with E-state index in [4.69, 9.17) is 11.5 Å². The number of nitrogens with zero attached hydrogens (tertiary/aromatic N) is 4. The van der Waals surface area contributed by atoms with Crippen LogP contribution < -0.4 is 17.2 Å². The number of rotatable bonds is 6. The van der Waals surface area contributed by atoms with Gasteiger partial charge in [0.25, 0.3) is 0 Å². The molecular formula is C28H40Cl2N6O. The van der Waals surface area contributed by atoms with E-state index in [2.05, 4.69) is 46.3 Å². The molecule has 9 heteroatoms. The number of imidazole rings is 1. The smallest absolute Gasteiger partial charge is 0.329 e. The minimum absolute atomic E-state index is 0. The predicted octanol–water partition coefficient (Wildman–Crippen LogP) is 4.81. The number of aliphatic imine (C=N–C) groups is 1. The summed E-state index contributed by atoms with van der Waals surface area (Å²) in [5.74, 6) is 0.0556. The molecule has 2 heterocycles. The maximum absolute atomic E-state index is 13.6. The molecule has 0 atom stereocenters. The van der Waals surface area contributed by atoms with Crippen molar-refractivity contribution >= 4 is 41.8 Å². The number of guanidine groups is 1. The number of likely N-dealkylation sites (tertiary alicyclic amines) is 1. The number of halogens is 2. The van der Waals surface area contributed by atoms with Crippen molar-refractivity contribution in [1.29, 1.82) is 0 Å². The molecule has 202 valence electrons. The van der Waals surface area contributed by atoms with E-state index >= 15 is 0 Å². The number of benzene rings is 2. The summed E-state index contributed by atoms with van der Waals surface area (Å²) in [6.07, 6.45) is 9.67. The van der Waals surface area contributed by atoms with Crippen LogP contribution in [0.3, 0.4) is 0 Å². The molecule has 2 aromatic carbocycles. The van der Waals surface area contributed by atoms with Crippen LogP contribution in [0.5, 0.6) is 0 Å². The van der Waals surface area contributed by atoms with Crippen LogP contribution in [0.15, 0.2) is 64.4 Å². The second-order valence-corrected chi connectivity index (χ2v) is 10.1. The Bertz CT molecular complexity index is 1220. The molecule has 2 aliphatic rings. The molecule has 7 nitrogen and oxygen atoms in total. The van der Waals surface area contributed by atoms with Gasteiger partial charge in [-0.05, 0) is 43.4 Å². The van der Waals surface area contributed by atoms with Crippen LogP contribution in [-0.2, 0) is 12.1 Å². The molecule has 1 saturated carbocycles. The molecule has 0 radical (unpaired) electrons. The fraction of sp³-hybridized carbons (Fsp3) is 0.500. The fourth-order valence-corrected chi connectivity index (χ4v) is 6.48. The van der Waals surface area contributed by atoms with Gasteiger partial charge >= 0.3 is 5.69 Å². The van der Waals surface area contributed by atoms with E-state index in [1.807, 2.05) is 27.3 Å². The number of para-hydroxylation sites is 2. The third kappa shape index (κ3) is 5.84. The topological polar surface area (TPSA) is 94.6 Å². The third-order valence-electron chi connectivity index (χ3n) is 8.16. The van der Waals surface area contributed by atoms with Gasteiger partial charge in [0.15, 0.2) is 5.96 Å². The minimum atomic E-state index is 0. The molecule has 0 amide bonds. The van der Waals surface area contributed by atoms with Gasteiger partial charge in [-0.2, -0.15) is 0 Å². The predicted molar refractivity (Wildman–Crippen MR) is 157 cm³/mol. The fourth-order valence-electron chi connectivity index (χ4n) is 6.48. The van der Waals surface area contributed by atoms with Crippen molar-refractivity contribution in [3.05, 3.63) is 70.6 Å². The molecule has 0 spiro atoms. The standard InChI is InChI=1S/C28H38N6O.2ClH/c29-26(30)31-18-21-33-24-12-6-7-13-25(24)34(27(33)35)23-14-19-32(20-15-23)28(16-8-1-2-9-17-28)22-10-4-3-5-11-22;;/h3-7,10-13,23H,1-2,8-9,14-21H2,(H4,29,30,31);2*1H. The van der Waals surface area contributed by atoms with Crippen LogP contribution in [0.4, 0.5) is 0 Å². The van der Waals surface area contributed by atoms with Crippen LogP contribution >= 0.6 is 24.8 Å². The Labute approximate surface area is 231 Å². The summed E-state index contributed by atoms with van der Waals surface area (Å²) < 4.78 is 3.86. The first kappa shape index (κ1) is 29.1. The van der Waals surface area contributed by atoms with Gasteiger partial charge < -0.3 is 11.5 Å². The monoisotopic (exact) mass is 546 g/mol. The lowest BCUT2D eigenvalue weighted by molar-refractivity contribution is 0.0354. The minimum Gasteiger partial charge on any atom is -0.370 e. The quantitative estimate of drug-likeness (QED) is 0.263. The Hall–Kier alpha value is -2.48. The van der Waals surface area contributed by atoms with Crippen molar-refractivity contribution in [2.24, 2.45) is 16.5 Å². The number of aromatic nitrogens is 2. The van der Waals surface area contributed by atoms with Crippen LogP contribution in [0, 0.1) is 0 Å². The van der Waals surface area contributed by atoms with Crippen molar-refractivity contribution in [2.75, 3.05) is 19.6 Å². The summed E-state index contributed by atoms with van der Waals surface area (Å²) in [6, 6.07) is 19.4. The molecule has 3 aromatic rings. The van der Waals surface area contributed by atoms with Gasteiger partial charge in [0.05, 0.1) is 17.6 Å². The summed E-state index contributed by atoms with van der Waals surface area (Å²) in [6.45, 7) is 2.90. The first-order valence-electron chi connectivity index (χ1n) is 13.2. The zero-order valence-corrected chi connectivity index (χ0v) is 23.1. The Balaban J connectivity index is 0.00000190. The molecule has 0 unspecified atom stereocenters. The maximum atomic E-state index is 13.6. The molecule has 1 aromatic heterocycles. The highest BCUT2D eigenvalue weighted by atomic mass is 35.5. The lowest BCUT2D eigenvalue weighted by Crippen LogP contribution is -2.50. The Morgan fingerprint density at radius 2 is 1.46 bits per heavy atom. The van der Waals surface area contributed by atoms with E-state index in [-0.39, 0.29) is 48.0 Å². The first-order valence-corrected chi connectivity index (χ1v) is 13.2. The van der Waals surface area contributed by atoms with Gasteiger partial charge in [-0.3, -0.25) is 19.0 Å². The number of hydrogen-bond donors (Lipinski definition) is 2. The molecule has 2 fully saturated rings. The SMILES string of the molecule is Cl.Cl.NC(N)=NCCn1c(=O)n(C2CCN(C3(c4ccccc4)CCCCCC3)CC2)c2ccccc21. The Morgan fingerprint density at radius 1 is 0.865 bits per heavy atom. The van der Waals surface area contributed by atoms with Crippen LogP contribution in [-0.4, -0.2) is 39.6 Å². The normalized spacial score (nSPS) is 18.4. The Kier molecular flexibility index (Phi) is 10.1. The second-order valence-electron chi connectivity index (χ2n) is 10.1. The summed E-state index contributed by atoms with van der Waals surface area (Å²) in [4.78, 5) is 20.4. The molecule has 1 aliphatic heterocycles. The van der Waals surface area contributed by atoms with Gasteiger partial charge in [0, 0.05) is 31.2 Å². The van der Waals surface area contributed by atoms with Gasteiger partial charge in [0.2, 0.25) is 0 Å². The number of piperidine rings is 1. The zero-order chi connectivity index (χ0) is 24.3. The van der Waals surface area contributed by atoms with Crippen molar-refractivity contribution in [3.8, 4) is 0 Å². The maximum Gasteiger partial charge on any atom is 0.329 e. The molecule has 1 saturated heterocycles. The van der Waals surface area contributed by atoms with Crippen molar-refractivity contribution in [3.63, 3.8) is 0 Å². The highest BCUT2D eigenvalue weighted by Gasteiger charge is 2.40. The molecular weight excluding hydrogens is 507 g/mol. The average Bonchev–Trinajstić information content (AvgIpc) is 3.02. The molecule has 5 rings (SSSR count). The third-order valence-corrected chi connectivity index (χ3v) is 8.16. The molecule has 4 N–H and O–H groups in total. The van der Waals surface area contributed by atoms with E-state index in [9.17, 15) is 4.79 Å². The van der Waals surface area contributed by atoms with E-state index in [1.54, 1.807) is 0 Å². The van der Waals surface area contributed by atoms with E-state index in [0.717, 1.165) is 37.0 Å². The van der Waals surface area contributed by atoms with E-state index < -0.39 is 0 Å². The number of hydrogen-bond acceptors (Lipinski definition) is 3. The largest absolute Gasteiger partial charge is 0.370 e. The summed E-state index contributed by atoms with van der Waals surface area (Å²) in [5, 5.41) is 0. The molecule has 0 bridgehead atoms. The van der Waals surface area contributed by atoms with Gasteiger partial charge in [-0.15, -0.1) is 24.8 Å². The van der Waals surface area contributed by atoms with Gasteiger partial charge in [0.1, 0.15) is 0 Å². The summed E-state index contributed by atoms with van der Waals surface area (Å²) in [5.41, 5.74) is 14.6. The van der Waals surface area contributed by atoms with E-state index in [1.165, 1.54) is 44.1 Å². The lowest BCUT2D eigenvalue weighted by Gasteiger charge is -2.47. The van der Waals surface area contributed by atoms with E-state index in [0.29, 0.717) is 13.1 Å². The van der Waals surface area contributed by atoms with Crippen LogP contribution in [0.1, 0.15) is 63.0 Å². The van der Waals surface area contributed by atoms with Crippen molar-refractivity contribution in [2.45, 2.75) is 69.5 Å². The van der Waals surface area contributed by atoms with Crippen LogP contribution in [0.2, 0.25) is 0 Å². The Morgan fingerprint density at radius 3 is 2.08 bits per heavy atom. The van der Waals surface area contributed by atoms with Crippen molar-refractivity contribution in [1.82, 2.24) is 14.0 Å². The molecule has 1 aliphatic carbocycles. The molecule has 37 heavy (non-hydrogen) atoms. The first-order chi connectivity index (χ1) is 17.1. The van der Waals surface area contributed by atoms with Gasteiger partial charge in [-0.1, -0.05) is 68.1 Å². The summed E-state index contributed by atoms with van der Waals surface area (Å²) in [7, 11) is 0. The van der Waals surface area contributed by atoms with Gasteiger partial charge in [-0.25, -0.2) is 4.79 Å². The second kappa shape index (κ2) is 12.9. The zero-order valence-electron chi connectivity index (χ0n) is 21.4. The number of nitrogens with two attached hydrogens (primary N) is 2. The van der Waals surface area contributed by atoms with Crippen molar-refractivity contribution < 1.29 is 0 Å².